The molecule has 2 rings (SSSR count). The molecular weight excluding hydrogens is 226 g/mol. The van der Waals surface area contributed by atoms with Gasteiger partial charge in [0.05, 0.1) is 18.3 Å². The van der Waals surface area contributed by atoms with E-state index in [9.17, 15) is 5.11 Å². The number of nitrogens with zero attached hydrogens (tertiary/aromatic N) is 1. The van der Waals surface area contributed by atoms with Gasteiger partial charge in [0.2, 0.25) is 0 Å². The van der Waals surface area contributed by atoms with Gasteiger partial charge in [0, 0.05) is 19.6 Å². The molecule has 0 saturated carbocycles. The maximum absolute atomic E-state index is 9.99. The Balaban J connectivity index is 1.79. The molecule has 1 N–H and O–H groups in total. The molecule has 100 valence electrons. The summed E-state index contributed by atoms with van der Waals surface area (Å²) in [5.74, 6) is 0. The number of ether oxygens (including phenoxy) is 1. The highest BCUT2D eigenvalue weighted by molar-refractivity contribution is 5.30. The van der Waals surface area contributed by atoms with Gasteiger partial charge in [-0.15, -0.1) is 0 Å². The lowest BCUT2D eigenvalue weighted by Crippen LogP contribution is -2.34. The quantitative estimate of drug-likeness (QED) is 0.887. The van der Waals surface area contributed by atoms with Gasteiger partial charge in [0.25, 0.3) is 0 Å². The first kappa shape index (κ1) is 13.5. The summed E-state index contributed by atoms with van der Waals surface area (Å²) < 4.78 is 5.60. The van der Waals surface area contributed by atoms with Crippen molar-refractivity contribution in [3.8, 4) is 0 Å². The van der Waals surface area contributed by atoms with Crippen molar-refractivity contribution in [3.63, 3.8) is 0 Å². The Labute approximate surface area is 109 Å². The summed E-state index contributed by atoms with van der Waals surface area (Å²) in [5, 5.41) is 9.99. The normalized spacial score (nSPS) is 17.8. The molecule has 0 aliphatic carbocycles. The first-order valence-corrected chi connectivity index (χ1v) is 6.55. The molecule has 3 nitrogen and oxygen atoms in total. The van der Waals surface area contributed by atoms with E-state index in [2.05, 4.69) is 29.2 Å². The molecule has 1 atom stereocenters. The van der Waals surface area contributed by atoms with E-state index in [4.69, 9.17) is 4.74 Å². The first-order valence-electron chi connectivity index (χ1n) is 6.55. The Morgan fingerprint density at radius 1 is 1.22 bits per heavy atom. The second kappa shape index (κ2) is 5.39. The first-order chi connectivity index (χ1) is 8.44. The van der Waals surface area contributed by atoms with E-state index in [-0.39, 0.29) is 5.60 Å². The molecule has 1 aromatic carbocycles. The summed E-state index contributed by atoms with van der Waals surface area (Å²) in [6.07, 6.45) is -0.418. The minimum Gasteiger partial charge on any atom is -0.389 e. The van der Waals surface area contributed by atoms with Crippen molar-refractivity contribution in [3.05, 3.63) is 35.4 Å². The Hall–Kier alpha value is -0.900. The van der Waals surface area contributed by atoms with Crippen LogP contribution in [0.2, 0.25) is 0 Å². The van der Waals surface area contributed by atoms with E-state index in [1.807, 2.05) is 20.8 Å². The van der Waals surface area contributed by atoms with Crippen molar-refractivity contribution < 1.29 is 9.84 Å². The Morgan fingerprint density at radius 3 is 2.28 bits per heavy atom. The average Bonchev–Trinajstić information content (AvgIpc) is 2.67. The molecule has 0 fully saturated rings. The third kappa shape index (κ3) is 3.80. The number of β-amino-alcohol motifs (C(OH)–C–C–N with tert-alkyl or cyclic N) is 1. The fraction of sp³-hybridized carbons (Fsp3) is 0.600. The predicted molar refractivity (Wildman–Crippen MR) is 72.3 cm³/mol. The van der Waals surface area contributed by atoms with Crippen LogP contribution in [0.3, 0.4) is 0 Å². The van der Waals surface area contributed by atoms with E-state index in [0.29, 0.717) is 13.2 Å². The van der Waals surface area contributed by atoms with Crippen LogP contribution in [0, 0.1) is 0 Å². The SMILES string of the molecule is CC(C)(C)OCC(O)CN1Cc2ccccc2C1. The molecule has 0 amide bonds. The third-order valence-electron chi connectivity index (χ3n) is 3.08. The number of benzene rings is 1. The zero-order valence-electron chi connectivity index (χ0n) is 11.5. The van der Waals surface area contributed by atoms with E-state index in [1.54, 1.807) is 0 Å². The number of aliphatic hydroxyl groups is 1. The van der Waals surface area contributed by atoms with Gasteiger partial charge in [-0.1, -0.05) is 24.3 Å². The number of hydrogen-bond acceptors (Lipinski definition) is 3. The summed E-state index contributed by atoms with van der Waals surface area (Å²) in [6.45, 7) is 8.95. The van der Waals surface area contributed by atoms with Gasteiger partial charge in [-0.3, -0.25) is 4.90 Å². The lowest BCUT2D eigenvalue weighted by atomic mass is 10.1. The van der Waals surface area contributed by atoms with Crippen LogP contribution in [0.4, 0.5) is 0 Å². The fourth-order valence-electron chi connectivity index (χ4n) is 2.23. The van der Waals surface area contributed by atoms with Gasteiger partial charge in [0.15, 0.2) is 0 Å². The molecule has 0 aromatic heterocycles. The molecule has 0 radical (unpaired) electrons. The van der Waals surface area contributed by atoms with Crippen molar-refractivity contribution in [2.45, 2.75) is 45.6 Å². The lowest BCUT2D eigenvalue weighted by Gasteiger charge is -2.24. The summed E-state index contributed by atoms with van der Waals surface area (Å²) in [6, 6.07) is 8.46. The van der Waals surface area contributed by atoms with Crippen LogP contribution in [0.5, 0.6) is 0 Å². The molecule has 0 bridgehead atoms. The number of rotatable bonds is 4. The second-order valence-electron chi connectivity index (χ2n) is 6.02. The summed E-state index contributed by atoms with van der Waals surface area (Å²) in [4.78, 5) is 2.27. The zero-order chi connectivity index (χ0) is 13.2. The monoisotopic (exact) mass is 249 g/mol. The van der Waals surface area contributed by atoms with E-state index in [0.717, 1.165) is 13.1 Å². The lowest BCUT2D eigenvalue weighted by molar-refractivity contribution is -0.0564. The number of aliphatic hydroxyl groups excluding tert-OH is 1. The number of hydrogen-bond donors (Lipinski definition) is 1. The van der Waals surface area contributed by atoms with Crippen LogP contribution in [-0.2, 0) is 17.8 Å². The van der Waals surface area contributed by atoms with E-state index in [1.165, 1.54) is 11.1 Å². The molecule has 1 aliphatic rings. The van der Waals surface area contributed by atoms with Gasteiger partial charge >= 0.3 is 0 Å². The predicted octanol–water partition coefficient (Wildman–Crippen LogP) is 2.18. The molecule has 1 aliphatic heterocycles. The summed E-state index contributed by atoms with van der Waals surface area (Å²) in [5.41, 5.74) is 2.57. The molecule has 0 spiro atoms. The zero-order valence-corrected chi connectivity index (χ0v) is 11.5. The van der Waals surface area contributed by atoms with Crippen LogP contribution in [-0.4, -0.2) is 34.9 Å². The highest BCUT2D eigenvalue weighted by atomic mass is 16.5. The van der Waals surface area contributed by atoms with Gasteiger partial charge in [0.1, 0.15) is 0 Å². The van der Waals surface area contributed by atoms with Crippen molar-refractivity contribution in [2.75, 3.05) is 13.2 Å². The minimum atomic E-state index is -0.418. The van der Waals surface area contributed by atoms with E-state index < -0.39 is 6.10 Å². The summed E-state index contributed by atoms with van der Waals surface area (Å²) in [7, 11) is 0. The Bertz CT molecular complexity index is 373. The topological polar surface area (TPSA) is 32.7 Å². The van der Waals surface area contributed by atoms with Gasteiger partial charge < -0.3 is 9.84 Å². The maximum Gasteiger partial charge on any atom is 0.0900 e. The van der Waals surface area contributed by atoms with Crippen molar-refractivity contribution in [2.24, 2.45) is 0 Å². The highest BCUT2D eigenvalue weighted by Gasteiger charge is 2.21. The van der Waals surface area contributed by atoms with Crippen LogP contribution in [0.15, 0.2) is 24.3 Å². The van der Waals surface area contributed by atoms with Crippen LogP contribution in [0.25, 0.3) is 0 Å². The molecule has 18 heavy (non-hydrogen) atoms. The largest absolute Gasteiger partial charge is 0.389 e. The van der Waals surface area contributed by atoms with Gasteiger partial charge in [-0.2, -0.15) is 0 Å². The van der Waals surface area contributed by atoms with E-state index >= 15 is 0 Å². The van der Waals surface area contributed by atoms with Crippen molar-refractivity contribution in [1.29, 1.82) is 0 Å². The minimum absolute atomic E-state index is 0.186. The highest BCUT2D eigenvalue weighted by Crippen LogP contribution is 2.22. The molecule has 0 saturated heterocycles. The second-order valence-corrected chi connectivity index (χ2v) is 6.02. The van der Waals surface area contributed by atoms with Gasteiger partial charge in [-0.05, 0) is 31.9 Å². The van der Waals surface area contributed by atoms with Gasteiger partial charge in [-0.25, -0.2) is 0 Å². The summed E-state index contributed by atoms with van der Waals surface area (Å²) >= 11 is 0. The molecule has 1 aromatic rings. The maximum atomic E-state index is 9.99. The fourth-order valence-corrected chi connectivity index (χ4v) is 2.23. The van der Waals surface area contributed by atoms with Crippen LogP contribution >= 0.6 is 0 Å². The average molecular weight is 249 g/mol. The number of fused-ring (bicyclic) bond motifs is 1. The molecule has 1 heterocycles. The van der Waals surface area contributed by atoms with Crippen LogP contribution in [0.1, 0.15) is 31.9 Å². The Kier molecular flexibility index (Phi) is 4.05. The Morgan fingerprint density at radius 2 is 1.78 bits per heavy atom. The molecule has 3 heteroatoms. The smallest absolute Gasteiger partial charge is 0.0900 e. The standard InChI is InChI=1S/C15H23NO2/c1-15(2,3)18-11-14(17)10-16-8-12-6-4-5-7-13(12)9-16/h4-7,14,17H,8-11H2,1-3H3. The third-order valence-corrected chi connectivity index (χ3v) is 3.08. The van der Waals surface area contributed by atoms with Crippen LogP contribution < -0.4 is 0 Å². The van der Waals surface area contributed by atoms with Crippen molar-refractivity contribution in [1.82, 2.24) is 4.90 Å². The van der Waals surface area contributed by atoms with Crippen molar-refractivity contribution >= 4 is 0 Å². The molecular formula is C15H23NO2. The molecule has 1 unspecified atom stereocenters.